The van der Waals surface area contributed by atoms with Gasteiger partial charge in [-0.1, -0.05) is 6.08 Å². The largest absolute Gasteiger partial charge is 0.481 e. The number of aryl methyl sites for hydroxylation is 1. The molecule has 1 aromatic heterocycles. The van der Waals surface area contributed by atoms with Crippen molar-refractivity contribution >= 4 is 11.7 Å². The maximum Gasteiger partial charge on any atom is 0.410 e. The average Bonchev–Trinajstić information content (AvgIpc) is 2.45. The van der Waals surface area contributed by atoms with Crippen LogP contribution in [0.1, 0.15) is 38.4 Å². The average molecular weight is 304 g/mol. The maximum atomic E-state index is 12.1. The van der Waals surface area contributed by atoms with Gasteiger partial charge in [-0.15, -0.1) is 0 Å². The highest BCUT2D eigenvalue weighted by Crippen LogP contribution is 2.29. The summed E-state index contributed by atoms with van der Waals surface area (Å²) in [6.45, 7) is 8.74. The molecule has 0 saturated heterocycles. The lowest BCUT2D eigenvalue weighted by Gasteiger charge is -2.29. The molecule has 120 valence electrons. The molecule has 0 aromatic carbocycles. The van der Waals surface area contributed by atoms with Crippen LogP contribution in [0.25, 0.3) is 5.57 Å². The van der Waals surface area contributed by atoms with Crippen molar-refractivity contribution < 1.29 is 14.3 Å². The molecule has 0 N–H and O–H groups in total. The SMILES string of the molecule is COc1nc(C)ccc1C1=CCN(C(=O)OC(C)(C)C)CC1. The molecular weight excluding hydrogens is 280 g/mol. The molecule has 0 aliphatic carbocycles. The quantitative estimate of drug-likeness (QED) is 0.840. The number of methoxy groups -OCH3 is 1. The van der Waals surface area contributed by atoms with E-state index in [1.807, 2.05) is 45.9 Å². The normalized spacial score (nSPS) is 15.3. The Morgan fingerprint density at radius 1 is 1.32 bits per heavy atom. The van der Waals surface area contributed by atoms with Crippen LogP contribution in [0.5, 0.6) is 5.88 Å². The molecule has 1 aliphatic heterocycles. The van der Waals surface area contributed by atoms with Crippen molar-refractivity contribution in [3.63, 3.8) is 0 Å². The Balaban J connectivity index is 2.10. The van der Waals surface area contributed by atoms with Gasteiger partial charge in [-0.3, -0.25) is 0 Å². The Bertz CT molecular complexity index is 588. The van der Waals surface area contributed by atoms with Gasteiger partial charge in [0.1, 0.15) is 5.60 Å². The van der Waals surface area contributed by atoms with Gasteiger partial charge in [-0.05, 0) is 51.8 Å². The van der Waals surface area contributed by atoms with Crippen LogP contribution in [0.2, 0.25) is 0 Å². The Labute approximate surface area is 131 Å². The highest BCUT2D eigenvalue weighted by atomic mass is 16.6. The molecule has 0 atom stereocenters. The molecule has 2 rings (SSSR count). The summed E-state index contributed by atoms with van der Waals surface area (Å²) in [5, 5.41) is 0. The Morgan fingerprint density at radius 3 is 2.59 bits per heavy atom. The predicted octanol–water partition coefficient (Wildman–Crippen LogP) is 3.42. The predicted molar refractivity (Wildman–Crippen MR) is 85.9 cm³/mol. The lowest BCUT2D eigenvalue weighted by Crippen LogP contribution is -2.39. The van der Waals surface area contributed by atoms with E-state index in [4.69, 9.17) is 9.47 Å². The van der Waals surface area contributed by atoms with E-state index in [0.29, 0.717) is 19.0 Å². The fourth-order valence-electron chi connectivity index (χ4n) is 2.34. The van der Waals surface area contributed by atoms with Gasteiger partial charge in [-0.2, -0.15) is 0 Å². The van der Waals surface area contributed by atoms with Gasteiger partial charge >= 0.3 is 6.09 Å². The molecule has 2 heterocycles. The van der Waals surface area contributed by atoms with Crippen molar-refractivity contribution in [2.75, 3.05) is 20.2 Å². The fraction of sp³-hybridized carbons (Fsp3) is 0.529. The molecule has 0 spiro atoms. The lowest BCUT2D eigenvalue weighted by atomic mass is 10.0. The van der Waals surface area contributed by atoms with Crippen LogP contribution in [-0.2, 0) is 4.74 Å². The number of hydrogen-bond donors (Lipinski definition) is 0. The molecule has 5 nitrogen and oxygen atoms in total. The van der Waals surface area contributed by atoms with Gasteiger partial charge in [0.2, 0.25) is 5.88 Å². The first-order chi connectivity index (χ1) is 10.3. The molecule has 1 aromatic rings. The van der Waals surface area contributed by atoms with E-state index >= 15 is 0 Å². The molecule has 5 heteroatoms. The summed E-state index contributed by atoms with van der Waals surface area (Å²) in [5.74, 6) is 0.636. The molecule has 0 saturated carbocycles. The minimum atomic E-state index is -0.467. The first-order valence-corrected chi connectivity index (χ1v) is 7.49. The van der Waals surface area contributed by atoms with Crippen LogP contribution < -0.4 is 4.74 Å². The number of pyridine rings is 1. The summed E-state index contributed by atoms with van der Waals surface area (Å²) < 4.78 is 10.8. The smallest absolute Gasteiger partial charge is 0.410 e. The van der Waals surface area contributed by atoms with Crippen molar-refractivity contribution in [3.05, 3.63) is 29.5 Å². The molecule has 1 aliphatic rings. The summed E-state index contributed by atoms with van der Waals surface area (Å²) in [6.07, 6.45) is 2.54. The first-order valence-electron chi connectivity index (χ1n) is 7.49. The van der Waals surface area contributed by atoms with E-state index in [-0.39, 0.29) is 6.09 Å². The van der Waals surface area contributed by atoms with Crippen molar-refractivity contribution in [2.24, 2.45) is 0 Å². The summed E-state index contributed by atoms with van der Waals surface area (Å²) in [5.41, 5.74) is 2.61. The number of hydrogen-bond acceptors (Lipinski definition) is 4. The highest BCUT2D eigenvalue weighted by molar-refractivity contribution is 5.74. The zero-order valence-corrected chi connectivity index (χ0v) is 14.0. The van der Waals surface area contributed by atoms with Crippen molar-refractivity contribution in [1.29, 1.82) is 0 Å². The van der Waals surface area contributed by atoms with Crippen LogP contribution >= 0.6 is 0 Å². The summed E-state index contributed by atoms with van der Waals surface area (Å²) in [4.78, 5) is 18.2. The van der Waals surface area contributed by atoms with Crippen molar-refractivity contribution in [3.8, 4) is 5.88 Å². The number of carbonyl (C=O) groups is 1. The maximum absolute atomic E-state index is 12.1. The molecule has 0 radical (unpaired) electrons. The third-order valence-corrected chi connectivity index (χ3v) is 3.40. The number of aromatic nitrogens is 1. The van der Waals surface area contributed by atoms with E-state index in [1.165, 1.54) is 0 Å². The summed E-state index contributed by atoms with van der Waals surface area (Å²) in [7, 11) is 1.63. The second kappa shape index (κ2) is 6.38. The van der Waals surface area contributed by atoms with Crippen LogP contribution in [0, 0.1) is 6.92 Å². The van der Waals surface area contributed by atoms with Gasteiger partial charge in [0.25, 0.3) is 0 Å². The second-order valence-electron chi connectivity index (χ2n) is 6.42. The van der Waals surface area contributed by atoms with E-state index < -0.39 is 5.60 Å². The highest BCUT2D eigenvalue weighted by Gasteiger charge is 2.24. The molecule has 1 amide bonds. The number of rotatable bonds is 2. The van der Waals surface area contributed by atoms with Crippen molar-refractivity contribution in [1.82, 2.24) is 9.88 Å². The third-order valence-electron chi connectivity index (χ3n) is 3.40. The Morgan fingerprint density at radius 2 is 2.05 bits per heavy atom. The first kappa shape index (κ1) is 16.3. The summed E-state index contributed by atoms with van der Waals surface area (Å²) in [6, 6.07) is 4.00. The minimum absolute atomic E-state index is 0.267. The number of amides is 1. The summed E-state index contributed by atoms with van der Waals surface area (Å²) >= 11 is 0. The monoisotopic (exact) mass is 304 g/mol. The molecule has 0 fully saturated rings. The standard InChI is InChI=1S/C17H24N2O3/c1-12-6-7-14(15(18-12)21-5)13-8-10-19(11-9-13)16(20)22-17(2,3)4/h6-8H,9-11H2,1-5H3. The van der Waals surface area contributed by atoms with Gasteiger partial charge in [-0.25, -0.2) is 9.78 Å². The van der Waals surface area contributed by atoms with Crippen LogP contribution in [-0.4, -0.2) is 41.8 Å². The minimum Gasteiger partial charge on any atom is -0.481 e. The van der Waals surface area contributed by atoms with E-state index in [0.717, 1.165) is 23.3 Å². The van der Waals surface area contributed by atoms with E-state index in [2.05, 4.69) is 4.98 Å². The van der Waals surface area contributed by atoms with Crippen LogP contribution in [0.3, 0.4) is 0 Å². The number of carbonyl (C=O) groups excluding carboxylic acids is 1. The van der Waals surface area contributed by atoms with Gasteiger partial charge in [0.15, 0.2) is 0 Å². The van der Waals surface area contributed by atoms with Gasteiger partial charge in [0.05, 0.1) is 7.11 Å². The Kier molecular flexibility index (Phi) is 4.74. The number of ether oxygens (including phenoxy) is 2. The molecule has 22 heavy (non-hydrogen) atoms. The molecule has 0 unspecified atom stereocenters. The lowest BCUT2D eigenvalue weighted by molar-refractivity contribution is 0.0270. The fourth-order valence-corrected chi connectivity index (χ4v) is 2.34. The van der Waals surface area contributed by atoms with Gasteiger partial charge < -0.3 is 14.4 Å². The zero-order chi connectivity index (χ0) is 16.3. The van der Waals surface area contributed by atoms with Crippen molar-refractivity contribution in [2.45, 2.75) is 39.7 Å². The van der Waals surface area contributed by atoms with Gasteiger partial charge in [0, 0.05) is 24.3 Å². The van der Waals surface area contributed by atoms with Crippen LogP contribution in [0.4, 0.5) is 4.79 Å². The van der Waals surface area contributed by atoms with Crippen LogP contribution in [0.15, 0.2) is 18.2 Å². The number of nitrogens with zero attached hydrogens (tertiary/aromatic N) is 2. The van der Waals surface area contributed by atoms with E-state index in [9.17, 15) is 4.79 Å². The van der Waals surface area contributed by atoms with E-state index in [1.54, 1.807) is 12.0 Å². The zero-order valence-electron chi connectivity index (χ0n) is 14.0. The molecule has 0 bridgehead atoms. The molecular formula is C17H24N2O3. The second-order valence-corrected chi connectivity index (χ2v) is 6.42. The Hall–Kier alpha value is -2.04. The topological polar surface area (TPSA) is 51.7 Å². The third kappa shape index (κ3) is 4.00.